The molecule has 2 aromatic rings. The molecule has 174 valence electrons. The SMILES string of the molecule is CCOC(=O)c1ccc(N2N=C(C(F)(F)F)C(=Cc3ccc(N(C)CCCl)cc3)C2=O)cc1. The lowest BCUT2D eigenvalue weighted by atomic mass is 10.1. The van der Waals surface area contributed by atoms with Crippen LogP contribution in [0.5, 0.6) is 0 Å². The number of halogens is 4. The summed E-state index contributed by atoms with van der Waals surface area (Å²) in [6, 6.07) is 12.1. The normalized spacial score (nSPS) is 15.1. The van der Waals surface area contributed by atoms with E-state index in [9.17, 15) is 22.8 Å². The van der Waals surface area contributed by atoms with Crippen molar-refractivity contribution in [3.63, 3.8) is 0 Å². The molecule has 0 aromatic heterocycles. The van der Waals surface area contributed by atoms with Crippen LogP contribution in [0, 0.1) is 0 Å². The minimum Gasteiger partial charge on any atom is -0.462 e. The summed E-state index contributed by atoms with van der Waals surface area (Å²) in [5.74, 6) is -1.06. The Labute approximate surface area is 193 Å². The van der Waals surface area contributed by atoms with Gasteiger partial charge < -0.3 is 9.64 Å². The third-order valence-electron chi connectivity index (χ3n) is 4.83. The zero-order valence-corrected chi connectivity index (χ0v) is 18.7. The molecule has 33 heavy (non-hydrogen) atoms. The van der Waals surface area contributed by atoms with Gasteiger partial charge in [-0.1, -0.05) is 12.1 Å². The fraction of sp³-hybridized carbons (Fsp3) is 0.261. The molecule has 1 aliphatic rings. The summed E-state index contributed by atoms with van der Waals surface area (Å²) in [7, 11) is 1.84. The van der Waals surface area contributed by atoms with Crippen molar-refractivity contribution < 1.29 is 27.5 Å². The molecule has 1 heterocycles. The molecule has 0 bridgehead atoms. The van der Waals surface area contributed by atoms with E-state index in [2.05, 4.69) is 5.10 Å². The summed E-state index contributed by atoms with van der Waals surface area (Å²) in [5.41, 5.74) is -0.302. The Morgan fingerprint density at radius 1 is 1.15 bits per heavy atom. The summed E-state index contributed by atoms with van der Waals surface area (Å²) in [5, 5.41) is 4.21. The molecule has 0 unspecified atom stereocenters. The van der Waals surface area contributed by atoms with Crippen LogP contribution in [0.25, 0.3) is 6.08 Å². The monoisotopic (exact) mass is 479 g/mol. The summed E-state index contributed by atoms with van der Waals surface area (Å²) in [6.45, 7) is 2.44. The molecule has 0 atom stereocenters. The van der Waals surface area contributed by atoms with E-state index in [4.69, 9.17) is 16.3 Å². The Morgan fingerprint density at radius 3 is 2.33 bits per heavy atom. The number of carbonyl (C=O) groups excluding carboxylic acids is 2. The van der Waals surface area contributed by atoms with Crippen LogP contribution in [0.2, 0.25) is 0 Å². The Kier molecular flexibility index (Phi) is 7.43. The third kappa shape index (κ3) is 5.54. The molecule has 3 rings (SSSR count). The van der Waals surface area contributed by atoms with Crippen LogP contribution >= 0.6 is 11.6 Å². The highest BCUT2D eigenvalue weighted by Gasteiger charge is 2.46. The number of hydrogen-bond donors (Lipinski definition) is 0. The van der Waals surface area contributed by atoms with Crippen LogP contribution in [0.1, 0.15) is 22.8 Å². The van der Waals surface area contributed by atoms with Crippen molar-refractivity contribution in [2.75, 3.05) is 36.0 Å². The number of hydrazone groups is 1. The van der Waals surface area contributed by atoms with E-state index in [1.165, 1.54) is 24.3 Å². The first-order valence-corrected chi connectivity index (χ1v) is 10.6. The molecule has 0 fully saturated rings. The third-order valence-corrected chi connectivity index (χ3v) is 5.00. The van der Waals surface area contributed by atoms with Crippen LogP contribution in [0.15, 0.2) is 59.2 Å². The van der Waals surface area contributed by atoms with E-state index >= 15 is 0 Å². The van der Waals surface area contributed by atoms with Gasteiger partial charge in [0.2, 0.25) is 0 Å². The molecule has 0 aliphatic carbocycles. The number of amides is 1. The summed E-state index contributed by atoms with van der Waals surface area (Å²) >= 11 is 5.73. The number of alkyl halides is 4. The highest BCUT2D eigenvalue weighted by Crippen LogP contribution is 2.33. The molecule has 0 saturated heterocycles. The second kappa shape index (κ2) is 10.1. The van der Waals surface area contributed by atoms with Crippen molar-refractivity contribution in [1.29, 1.82) is 0 Å². The quantitative estimate of drug-likeness (QED) is 0.322. The number of esters is 1. The predicted molar refractivity (Wildman–Crippen MR) is 122 cm³/mol. The molecule has 1 aliphatic heterocycles. The zero-order chi connectivity index (χ0) is 24.2. The van der Waals surface area contributed by atoms with Gasteiger partial charge in [-0.2, -0.15) is 23.3 Å². The first-order valence-electron chi connectivity index (χ1n) is 10.0. The minimum absolute atomic E-state index is 0.0937. The van der Waals surface area contributed by atoms with Gasteiger partial charge in [-0.15, -0.1) is 11.6 Å². The first kappa shape index (κ1) is 24.3. The highest BCUT2D eigenvalue weighted by molar-refractivity contribution is 6.34. The van der Waals surface area contributed by atoms with Crippen molar-refractivity contribution in [1.82, 2.24) is 0 Å². The molecule has 2 aromatic carbocycles. The average molecular weight is 480 g/mol. The van der Waals surface area contributed by atoms with E-state index in [0.717, 1.165) is 11.8 Å². The number of hydrogen-bond acceptors (Lipinski definition) is 5. The highest BCUT2D eigenvalue weighted by atomic mass is 35.5. The smallest absolute Gasteiger partial charge is 0.435 e. The van der Waals surface area contributed by atoms with Crippen LogP contribution in [0.3, 0.4) is 0 Å². The second-order valence-electron chi connectivity index (χ2n) is 7.09. The number of nitrogens with zero attached hydrogens (tertiary/aromatic N) is 3. The van der Waals surface area contributed by atoms with Gasteiger partial charge in [0.1, 0.15) is 0 Å². The lowest BCUT2D eigenvalue weighted by Gasteiger charge is -2.17. The number of ether oxygens (including phenoxy) is 1. The Bertz CT molecular complexity index is 1080. The fourth-order valence-electron chi connectivity index (χ4n) is 3.13. The zero-order valence-electron chi connectivity index (χ0n) is 17.9. The summed E-state index contributed by atoms with van der Waals surface area (Å²) in [6.07, 6.45) is -3.67. The molecular weight excluding hydrogens is 459 g/mol. The van der Waals surface area contributed by atoms with E-state index in [1.54, 1.807) is 31.2 Å². The molecule has 0 spiro atoms. The molecule has 0 saturated carbocycles. The number of anilines is 2. The fourth-order valence-corrected chi connectivity index (χ4v) is 3.38. The van der Waals surface area contributed by atoms with Crippen molar-refractivity contribution in [2.45, 2.75) is 13.1 Å². The lowest BCUT2D eigenvalue weighted by molar-refractivity contribution is -0.114. The maximum absolute atomic E-state index is 13.7. The van der Waals surface area contributed by atoms with Gasteiger partial charge >= 0.3 is 12.1 Å². The van der Waals surface area contributed by atoms with Gasteiger partial charge in [0.25, 0.3) is 5.91 Å². The van der Waals surface area contributed by atoms with E-state index in [0.29, 0.717) is 23.0 Å². The van der Waals surface area contributed by atoms with Gasteiger partial charge in [0.15, 0.2) is 5.71 Å². The van der Waals surface area contributed by atoms with Crippen molar-refractivity contribution in [2.24, 2.45) is 5.10 Å². The topological polar surface area (TPSA) is 62.2 Å². The number of benzene rings is 2. The van der Waals surface area contributed by atoms with Crippen molar-refractivity contribution in [3.8, 4) is 0 Å². The summed E-state index contributed by atoms with van der Waals surface area (Å²) in [4.78, 5) is 26.6. The molecular formula is C23H21ClF3N3O3. The van der Waals surface area contributed by atoms with Crippen molar-refractivity contribution in [3.05, 3.63) is 65.2 Å². The van der Waals surface area contributed by atoms with Crippen LogP contribution in [0.4, 0.5) is 24.5 Å². The second-order valence-corrected chi connectivity index (χ2v) is 7.47. The Hall–Kier alpha value is -3.33. The average Bonchev–Trinajstić information content (AvgIpc) is 3.11. The molecule has 0 radical (unpaired) electrons. The Balaban J connectivity index is 1.91. The van der Waals surface area contributed by atoms with Gasteiger partial charge in [-0.05, 0) is 55.0 Å². The maximum Gasteiger partial charge on any atom is 0.435 e. The van der Waals surface area contributed by atoms with Crippen molar-refractivity contribution >= 4 is 46.6 Å². The van der Waals surface area contributed by atoms with Gasteiger partial charge in [0, 0.05) is 25.2 Å². The predicted octanol–water partition coefficient (Wildman–Crippen LogP) is 4.89. The van der Waals surface area contributed by atoms with Crippen LogP contribution in [-0.2, 0) is 9.53 Å². The molecule has 1 amide bonds. The van der Waals surface area contributed by atoms with Gasteiger partial charge in [0.05, 0.1) is 23.4 Å². The standard InChI is InChI=1S/C23H21ClF3N3O3/c1-3-33-22(32)16-6-10-18(11-7-16)30-21(31)19(20(28-30)23(25,26)27)14-15-4-8-17(9-5-15)29(2)13-12-24/h4-11,14H,3,12-13H2,1-2H3. The molecule has 0 N–H and O–H groups in total. The number of rotatable bonds is 7. The van der Waals surface area contributed by atoms with E-state index in [1.807, 2.05) is 11.9 Å². The largest absolute Gasteiger partial charge is 0.462 e. The first-order chi connectivity index (χ1) is 15.7. The van der Waals surface area contributed by atoms with E-state index < -0.39 is 29.3 Å². The molecule has 6 nitrogen and oxygen atoms in total. The molecule has 10 heteroatoms. The van der Waals surface area contributed by atoms with Crippen LogP contribution in [-0.4, -0.2) is 49.8 Å². The van der Waals surface area contributed by atoms with E-state index in [-0.39, 0.29) is 17.9 Å². The number of carbonyl (C=O) groups is 2. The lowest BCUT2D eigenvalue weighted by Crippen LogP contribution is -2.25. The minimum atomic E-state index is -4.83. The van der Waals surface area contributed by atoms with Crippen LogP contribution < -0.4 is 9.91 Å². The maximum atomic E-state index is 13.7. The van der Waals surface area contributed by atoms with Gasteiger partial charge in [-0.25, -0.2) is 4.79 Å². The Morgan fingerprint density at radius 2 is 1.79 bits per heavy atom. The van der Waals surface area contributed by atoms with Gasteiger partial charge in [-0.3, -0.25) is 4.79 Å². The summed E-state index contributed by atoms with van der Waals surface area (Å²) < 4.78 is 45.8.